The Bertz CT molecular complexity index is 430. The molecule has 0 N–H and O–H groups in total. The molecule has 0 saturated carbocycles. The molecule has 0 aliphatic rings. The molecule has 1 rings (SSSR count). The summed E-state index contributed by atoms with van der Waals surface area (Å²) < 4.78 is 9.01. The number of ether oxygens (including phenoxy) is 2. The molecule has 0 aliphatic heterocycles. The molecular formula is C12H13NO4. The van der Waals surface area contributed by atoms with Crippen LogP contribution >= 0.6 is 0 Å². The van der Waals surface area contributed by atoms with Gasteiger partial charge in [-0.15, -0.1) is 0 Å². The molecule has 0 bridgehead atoms. The quantitative estimate of drug-likeness (QED) is 0.340. The monoisotopic (exact) mass is 235 g/mol. The average Bonchev–Trinajstić information content (AvgIpc) is 2.36. The third-order valence-electron chi connectivity index (χ3n) is 2.06. The van der Waals surface area contributed by atoms with Gasteiger partial charge in [-0.2, -0.15) is 0 Å². The third-order valence-corrected chi connectivity index (χ3v) is 2.06. The average molecular weight is 235 g/mol. The number of esters is 2. The first kappa shape index (κ1) is 12.9. The Morgan fingerprint density at radius 1 is 1.18 bits per heavy atom. The first-order valence-corrected chi connectivity index (χ1v) is 4.89. The van der Waals surface area contributed by atoms with Gasteiger partial charge in [-0.25, -0.2) is 9.59 Å². The van der Waals surface area contributed by atoms with Crippen LogP contribution in [0.2, 0.25) is 0 Å². The molecule has 0 aromatic carbocycles. The number of aromatic nitrogens is 1. The van der Waals surface area contributed by atoms with E-state index in [4.69, 9.17) is 0 Å². The van der Waals surface area contributed by atoms with Crippen LogP contribution < -0.4 is 0 Å². The number of methoxy groups -OCH3 is 2. The Labute approximate surface area is 99.1 Å². The van der Waals surface area contributed by atoms with Gasteiger partial charge in [0, 0.05) is 11.9 Å². The Morgan fingerprint density at radius 2 is 1.76 bits per heavy atom. The molecule has 5 heteroatoms. The Kier molecular flexibility index (Phi) is 4.39. The summed E-state index contributed by atoms with van der Waals surface area (Å²) in [6.45, 7) is 1.84. The van der Waals surface area contributed by atoms with Gasteiger partial charge in [0.1, 0.15) is 5.57 Å². The van der Waals surface area contributed by atoms with Gasteiger partial charge in [0.25, 0.3) is 0 Å². The molecule has 0 aliphatic carbocycles. The van der Waals surface area contributed by atoms with Gasteiger partial charge in [-0.1, -0.05) is 6.07 Å². The lowest BCUT2D eigenvalue weighted by atomic mass is 10.1. The summed E-state index contributed by atoms with van der Waals surface area (Å²) in [6.07, 6.45) is 2.94. The van der Waals surface area contributed by atoms with Crippen molar-refractivity contribution in [3.63, 3.8) is 0 Å². The lowest BCUT2D eigenvalue weighted by molar-refractivity contribution is -0.143. The molecule has 1 heterocycles. The van der Waals surface area contributed by atoms with E-state index in [0.29, 0.717) is 5.56 Å². The zero-order chi connectivity index (χ0) is 12.8. The second kappa shape index (κ2) is 5.79. The van der Waals surface area contributed by atoms with Crippen molar-refractivity contribution in [2.75, 3.05) is 14.2 Å². The second-order valence-electron chi connectivity index (χ2n) is 3.27. The SMILES string of the molecule is COC(=O)C(=Cc1ccc(C)nc1)C(=O)OC. The lowest BCUT2D eigenvalue weighted by Crippen LogP contribution is -2.15. The van der Waals surface area contributed by atoms with Crippen molar-refractivity contribution in [3.8, 4) is 0 Å². The number of rotatable bonds is 3. The van der Waals surface area contributed by atoms with Gasteiger partial charge in [-0.05, 0) is 24.6 Å². The molecule has 0 fully saturated rings. The van der Waals surface area contributed by atoms with Crippen molar-refractivity contribution in [1.29, 1.82) is 0 Å². The van der Waals surface area contributed by atoms with E-state index in [1.165, 1.54) is 20.3 Å². The number of carbonyl (C=O) groups excluding carboxylic acids is 2. The highest BCUT2D eigenvalue weighted by molar-refractivity contribution is 6.17. The molecule has 0 amide bonds. The van der Waals surface area contributed by atoms with Crippen LogP contribution in [0.1, 0.15) is 11.3 Å². The highest BCUT2D eigenvalue weighted by atomic mass is 16.5. The maximum Gasteiger partial charge on any atom is 0.345 e. The van der Waals surface area contributed by atoms with Gasteiger partial charge >= 0.3 is 11.9 Å². The van der Waals surface area contributed by atoms with E-state index >= 15 is 0 Å². The highest BCUT2D eigenvalue weighted by Crippen LogP contribution is 2.09. The van der Waals surface area contributed by atoms with Crippen molar-refractivity contribution in [2.24, 2.45) is 0 Å². The number of hydrogen-bond donors (Lipinski definition) is 0. The second-order valence-corrected chi connectivity index (χ2v) is 3.27. The minimum absolute atomic E-state index is 0.166. The van der Waals surface area contributed by atoms with Crippen molar-refractivity contribution in [1.82, 2.24) is 4.98 Å². The summed E-state index contributed by atoms with van der Waals surface area (Å²) in [5.74, 6) is -1.48. The largest absolute Gasteiger partial charge is 0.465 e. The zero-order valence-electron chi connectivity index (χ0n) is 9.89. The van der Waals surface area contributed by atoms with Crippen LogP contribution in [0.4, 0.5) is 0 Å². The van der Waals surface area contributed by atoms with Crippen molar-refractivity contribution < 1.29 is 19.1 Å². The maximum absolute atomic E-state index is 11.4. The van der Waals surface area contributed by atoms with Gasteiger partial charge in [0.05, 0.1) is 14.2 Å². The summed E-state index contributed by atoms with van der Waals surface area (Å²) in [4.78, 5) is 26.8. The first-order chi connectivity index (χ1) is 8.08. The van der Waals surface area contributed by atoms with Crippen molar-refractivity contribution in [2.45, 2.75) is 6.92 Å². The first-order valence-electron chi connectivity index (χ1n) is 4.89. The molecule has 0 saturated heterocycles. The van der Waals surface area contributed by atoms with Crippen LogP contribution in [-0.2, 0) is 19.1 Å². The van der Waals surface area contributed by atoms with E-state index in [1.54, 1.807) is 18.3 Å². The van der Waals surface area contributed by atoms with Gasteiger partial charge in [0.2, 0.25) is 0 Å². The Hall–Kier alpha value is -2.17. The number of nitrogens with zero attached hydrogens (tertiary/aromatic N) is 1. The van der Waals surface area contributed by atoms with Crippen LogP contribution in [0.25, 0.3) is 6.08 Å². The van der Waals surface area contributed by atoms with Gasteiger partial charge in [-0.3, -0.25) is 4.98 Å². The van der Waals surface area contributed by atoms with Crippen molar-refractivity contribution >= 4 is 18.0 Å². The highest BCUT2D eigenvalue weighted by Gasteiger charge is 2.19. The minimum Gasteiger partial charge on any atom is -0.465 e. The van der Waals surface area contributed by atoms with E-state index < -0.39 is 11.9 Å². The Morgan fingerprint density at radius 3 is 2.18 bits per heavy atom. The Balaban J connectivity index is 3.09. The van der Waals surface area contributed by atoms with E-state index in [2.05, 4.69) is 14.5 Å². The predicted molar refractivity (Wildman–Crippen MR) is 61.0 cm³/mol. The fourth-order valence-electron chi connectivity index (χ4n) is 1.15. The van der Waals surface area contributed by atoms with Gasteiger partial charge in [0.15, 0.2) is 0 Å². The van der Waals surface area contributed by atoms with Crippen LogP contribution in [-0.4, -0.2) is 31.1 Å². The molecular weight excluding hydrogens is 222 g/mol. The summed E-state index contributed by atoms with van der Waals surface area (Å²) in [7, 11) is 2.40. The van der Waals surface area contributed by atoms with E-state index in [1.807, 2.05) is 6.92 Å². The summed E-state index contributed by atoms with van der Waals surface area (Å²) in [5, 5.41) is 0. The van der Waals surface area contributed by atoms with E-state index in [9.17, 15) is 9.59 Å². The predicted octanol–water partition coefficient (Wildman–Crippen LogP) is 1.12. The molecule has 17 heavy (non-hydrogen) atoms. The van der Waals surface area contributed by atoms with E-state index in [0.717, 1.165) is 5.69 Å². The maximum atomic E-state index is 11.4. The summed E-state index contributed by atoms with van der Waals surface area (Å²) in [6, 6.07) is 3.52. The van der Waals surface area contributed by atoms with Crippen LogP contribution in [0, 0.1) is 6.92 Å². The number of carbonyl (C=O) groups is 2. The summed E-state index contributed by atoms with van der Waals surface area (Å²) >= 11 is 0. The van der Waals surface area contributed by atoms with Crippen LogP contribution in [0.15, 0.2) is 23.9 Å². The molecule has 1 aromatic rings. The molecule has 0 radical (unpaired) electrons. The number of hydrogen-bond acceptors (Lipinski definition) is 5. The molecule has 5 nitrogen and oxygen atoms in total. The fourth-order valence-corrected chi connectivity index (χ4v) is 1.15. The molecule has 0 atom stereocenters. The van der Waals surface area contributed by atoms with Crippen LogP contribution in [0.3, 0.4) is 0 Å². The van der Waals surface area contributed by atoms with E-state index in [-0.39, 0.29) is 5.57 Å². The smallest absolute Gasteiger partial charge is 0.345 e. The minimum atomic E-state index is -0.738. The molecule has 90 valence electrons. The van der Waals surface area contributed by atoms with Crippen LogP contribution in [0.5, 0.6) is 0 Å². The standard InChI is InChI=1S/C12H13NO4/c1-8-4-5-9(7-13-8)6-10(11(14)16-2)12(15)17-3/h4-7H,1-3H3. The third kappa shape index (κ3) is 3.41. The molecule has 1 aromatic heterocycles. The zero-order valence-corrected chi connectivity index (χ0v) is 9.89. The number of aryl methyl sites for hydroxylation is 1. The number of pyridine rings is 1. The topological polar surface area (TPSA) is 65.5 Å². The molecule has 0 unspecified atom stereocenters. The normalized spacial score (nSPS) is 9.35. The van der Waals surface area contributed by atoms with Gasteiger partial charge < -0.3 is 9.47 Å². The summed E-state index contributed by atoms with van der Waals surface area (Å²) in [5.41, 5.74) is 1.31. The molecule has 0 spiro atoms. The lowest BCUT2D eigenvalue weighted by Gasteiger charge is -2.03. The van der Waals surface area contributed by atoms with Crippen molar-refractivity contribution in [3.05, 3.63) is 35.2 Å². The fraction of sp³-hybridized carbons (Fsp3) is 0.250.